The first kappa shape index (κ1) is 11.2. The number of hydrogen-bond acceptors (Lipinski definition) is 3. The number of nitrogens with one attached hydrogen (secondary N) is 1. The first-order valence-corrected chi connectivity index (χ1v) is 7.62. The second-order valence-corrected chi connectivity index (χ2v) is 6.22. The van der Waals surface area contributed by atoms with Crippen LogP contribution in [0.1, 0.15) is 24.1 Å². The van der Waals surface area contributed by atoms with Crippen LogP contribution in [0.4, 0.5) is 0 Å². The van der Waals surface area contributed by atoms with Crippen LogP contribution in [0.5, 0.6) is 0 Å². The normalized spacial score (nSPS) is 18.7. The van der Waals surface area contributed by atoms with Crippen LogP contribution < -0.4 is 0 Å². The van der Waals surface area contributed by atoms with Gasteiger partial charge in [0.2, 0.25) is 5.91 Å². The van der Waals surface area contributed by atoms with Gasteiger partial charge in [-0.3, -0.25) is 9.89 Å². The Kier molecular flexibility index (Phi) is 2.48. The monoisotopic (exact) mass is 273 g/mol. The molecular formula is C14H15N3OS. The molecule has 5 heteroatoms. The zero-order valence-corrected chi connectivity index (χ0v) is 11.4. The van der Waals surface area contributed by atoms with Gasteiger partial charge in [0.15, 0.2) is 0 Å². The Morgan fingerprint density at radius 3 is 3.11 bits per heavy atom. The molecule has 4 rings (SSSR count). The van der Waals surface area contributed by atoms with Gasteiger partial charge in [0.05, 0.1) is 24.4 Å². The molecule has 0 aromatic carbocycles. The average molecular weight is 273 g/mol. The fourth-order valence-electron chi connectivity index (χ4n) is 2.68. The predicted octanol–water partition coefficient (Wildman–Crippen LogP) is 2.43. The molecule has 1 aliphatic heterocycles. The van der Waals surface area contributed by atoms with Crippen molar-refractivity contribution >= 4 is 17.2 Å². The standard InChI is InChI=1S/C14H15N3OS/c18-13-5-11-12(7-17(13)6-9-1-2-9)15-16-14(11)10-3-4-19-8-10/h3-4,8-9H,1-2,5-7H2,(H,15,16). The van der Waals surface area contributed by atoms with E-state index in [-0.39, 0.29) is 5.91 Å². The summed E-state index contributed by atoms with van der Waals surface area (Å²) in [4.78, 5) is 14.2. The highest BCUT2D eigenvalue weighted by atomic mass is 32.1. The van der Waals surface area contributed by atoms with Gasteiger partial charge in [-0.2, -0.15) is 16.4 Å². The number of amides is 1. The van der Waals surface area contributed by atoms with E-state index in [1.807, 2.05) is 10.3 Å². The topological polar surface area (TPSA) is 49.0 Å². The summed E-state index contributed by atoms with van der Waals surface area (Å²) in [5, 5.41) is 11.6. The van der Waals surface area contributed by atoms with Gasteiger partial charge >= 0.3 is 0 Å². The van der Waals surface area contributed by atoms with Crippen LogP contribution in [0.2, 0.25) is 0 Å². The third kappa shape index (κ3) is 1.98. The van der Waals surface area contributed by atoms with Crippen molar-refractivity contribution in [2.45, 2.75) is 25.8 Å². The largest absolute Gasteiger partial charge is 0.336 e. The number of H-pyrrole nitrogens is 1. The molecule has 98 valence electrons. The molecule has 0 radical (unpaired) electrons. The second kappa shape index (κ2) is 4.20. The molecule has 1 fully saturated rings. The van der Waals surface area contributed by atoms with Gasteiger partial charge in [-0.15, -0.1) is 0 Å². The lowest BCUT2D eigenvalue weighted by Crippen LogP contribution is -2.37. The summed E-state index contributed by atoms with van der Waals surface area (Å²) >= 11 is 1.66. The van der Waals surface area contributed by atoms with E-state index in [0.717, 1.165) is 35.0 Å². The minimum absolute atomic E-state index is 0.247. The number of carbonyl (C=O) groups excluding carboxylic acids is 1. The lowest BCUT2D eigenvalue weighted by atomic mass is 10.0. The number of carbonyl (C=O) groups is 1. The van der Waals surface area contributed by atoms with E-state index in [9.17, 15) is 4.79 Å². The number of nitrogens with zero attached hydrogens (tertiary/aromatic N) is 2. The van der Waals surface area contributed by atoms with E-state index >= 15 is 0 Å². The Morgan fingerprint density at radius 2 is 2.37 bits per heavy atom. The third-order valence-corrected chi connectivity index (χ3v) is 4.64. The lowest BCUT2D eigenvalue weighted by molar-refractivity contribution is -0.132. The van der Waals surface area contributed by atoms with Gasteiger partial charge in [-0.25, -0.2) is 0 Å². The Labute approximate surface area is 115 Å². The van der Waals surface area contributed by atoms with Crippen molar-refractivity contribution in [3.05, 3.63) is 28.1 Å². The molecule has 1 amide bonds. The molecular weight excluding hydrogens is 258 g/mol. The van der Waals surface area contributed by atoms with Crippen molar-refractivity contribution in [3.63, 3.8) is 0 Å². The molecule has 19 heavy (non-hydrogen) atoms. The highest BCUT2D eigenvalue weighted by Crippen LogP contribution is 2.33. The van der Waals surface area contributed by atoms with Crippen molar-refractivity contribution in [1.82, 2.24) is 15.1 Å². The molecule has 0 saturated heterocycles. The molecule has 2 aliphatic rings. The average Bonchev–Trinajstić information content (AvgIpc) is 2.90. The number of rotatable bonds is 3. The Bertz CT molecular complexity index is 613. The van der Waals surface area contributed by atoms with Gasteiger partial charge in [0, 0.05) is 23.1 Å². The lowest BCUT2D eigenvalue weighted by Gasteiger charge is -2.26. The quantitative estimate of drug-likeness (QED) is 0.933. The minimum atomic E-state index is 0.247. The zero-order chi connectivity index (χ0) is 12.8. The zero-order valence-electron chi connectivity index (χ0n) is 10.6. The van der Waals surface area contributed by atoms with Crippen LogP contribution >= 0.6 is 11.3 Å². The number of hydrogen-bond donors (Lipinski definition) is 1. The third-order valence-electron chi connectivity index (χ3n) is 3.95. The SMILES string of the molecule is O=C1Cc2c(-c3ccsc3)n[nH]c2CN1CC1CC1. The fraction of sp³-hybridized carbons (Fsp3) is 0.429. The first-order chi connectivity index (χ1) is 9.31. The maximum atomic E-state index is 12.2. The highest BCUT2D eigenvalue weighted by molar-refractivity contribution is 7.08. The molecule has 0 bridgehead atoms. The predicted molar refractivity (Wildman–Crippen MR) is 73.7 cm³/mol. The summed E-state index contributed by atoms with van der Waals surface area (Å²) in [6.07, 6.45) is 3.04. The van der Waals surface area contributed by atoms with Crippen molar-refractivity contribution in [1.29, 1.82) is 0 Å². The Morgan fingerprint density at radius 1 is 1.47 bits per heavy atom. The van der Waals surface area contributed by atoms with E-state index in [1.54, 1.807) is 11.3 Å². The van der Waals surface area contributed by atoms with Gasteiger partial charge < -0.3 is 4.90 Å². The summed E-state index contributed by atoms with van der Waals surface area (Å²) < 4.78 is 0. The molecule has 0 atom stereocenters. The van der Waals surface area contributed by atoms with Crippen molar-refractivity contribution in [2.24, 2.45) is 5.92 Å². The molecule has 1 N–H and O–H groups in total. The summed E-state index contributed by atoms with van der Waals surface area (Å²) in [6, 6.07) is 2.06. The number of thiophene rings is 1. The molecule has 0 spiro atoms. The molecule has 3 heterocycles. The summed E-state index contributed by atoms with van der Waals surface area (Å²) in [6.45, 7) is 1.62. The van der Waals surface area contributed by atoms with Gasteiger partial charge in [-0.1, -0.05) is 0 Å². The maximum Gasteiger partial charge on any atom is 0.227 e. The van der Waals surface area contributed by atoms with Crippen LogP contribution in [0.15, 0.2) is 16.8 Å². The maximum absolute atomic E-state index is 12.2. The van der Waals surface area contributed by atoms with Gasteiger partial charge in [0.1, 0.15) is 0 Å². The van der Waals surface area contributed by atoms with E-state index in [4.69, 9.17) is 0 Å². The van der Waals surface area contributed by atoms with Gasteiger partial charge in [-0.05, 0) is 30.2 Å². The van der Waals surface area contributed by atoms with E-state index < -0.39 is 0 Å². The number of fused-ring (bicyclic) bond motifs is 1. The Hall–Kier alpha value is -1.62. The van der Waals surface area contributed by atoms with Gasteiger partial charge in [0.25, 0.3) is 0 Å². The number of aromatic amines is 1. The van der Waals surface area contributed by atoms with Crippen LogP contribution in [-0.2, 0) is 17.8 Å². The smallest absolute Gasteiger partial charge is 0.227 e. The molecule has 2 aromatic rings. The molecule has 4 nitrogen and oxygen atoms in total. The highest BCUT2D eigenvalue weighted by Gasteiger charge is 2.32. The Balaban J connectivity index is 1.64. The minimum Gasteiger partial charge on any atom is -0.336 e. The van der Waals surface area contributed by atoms with E-state index in [2.05, 4.69) is 21.6 Å². The summed E-state index contributed by atoms with van der Waals surface area (Å²) in [5.74, 6) is 0.988. The van der Waals surface area contributed by atoms with Crippen LogP contribution in [0, 0.1) is 5.92 Å². The van der Waals surface area contributed by atoms with Crippen LogP contribution in [-0.4, -0.2) is 27.5 Å². The van der Waals surface area contributed by atoms with Crippen molar-refractivity contribution in [3.8, 4) is 11.3 Å². The van der Waals surface area contributed by atoms with E-state index in [1.165, 1.54) is 12.8 Å². The number of aromatic nitrogens is 2. The van der Waals surface area contributed by atoms with Crippen molar-refractivity contribution in [2.75, 3.05) is 6.54 Å². The van der Waals surface area contributed by atoms with Crippen LogP contribution in [0.25, 0.3) is 11.3 Å². The second-order valence-electron chi connectivity index (χ2n) is 5.44. The molecule has 1 saturated carbocycles. The first-order valence-electron chi connectivity index (χ1n) is 6.67. The van der Waals surface area contributed by atoms with Crippen LogP contribution in [0.3, 0.4) is 0 Å². The van der Waals surface area contributed by atoms with Crippen molar-refractivity contribution < 1.29 is 4.79 Å². The molecule has 0 unspecified atom stereocenters. The fourth-order valence-corrected chi connectivity index (χ4v) is 3.32. The summed E-state index contributed by atoms with van der Waals surface area (Å²) in [5.41, 5.74) is 4.28. The molecule has 1 aliphatic carbocycles. The van der Waals surface area contributed by atoms with E-state index in [0.29, 0.717) is 13.0 Å². The summed E-state index contributed by atoms with van der Waals surface area (Å²) in [7, 11) is 0. The molecule has 2 aromatic heterocycles.